The fraction of sp³-hybridized carbons (Fsp3) is 0.0667. The van der Waals surface area contributed by atoms with Crippen LogP contribution in [0.3, 0.4) is 0 Å². The maximum absolute atomic E-state index is 12.5. The van der Waals surface area contributed by atoms with Crippen LogP contribution in [0.25, 0.3) is 6.08 Å². The topological polar surface area (TPSA) is 92.3 Å². The van der Waals surface area contributed by atoms with Crippen molar-refractivity contribution < 1.29 is 30.0 Å². The lowest BCUT2D eigenvalue weighted by atomic mass is 10.2. The number of hydrogen-bond donors (Lipinski definition) is 2. The number of benzene rings is 2. The third-order valence-corrected chi connectivity index (χ3v) is 5.06. The minimum Gasteiger partial charge on any atom is -0.278 e. The number of nitrogens with one attached hydrogen (secondary N) is 2. The van der Waals surface area contributed by atoms with Gasteiger partial charge in [0.15, 0.2) is 0 Å². The minimum atomic E-state index is -5.69. The average molecular weight is 406 g/mol. The van der Waals surface area contributed by atoms with Gasteiger partial charge in [0.1, 0.15) is 0 Å². The molecule has 0 atom stereocenters. The van der Waals surface area contributed by atoms with E-state index in [-0.39, 0.29) is 5.69 Å². The molecule has 11 heteroatoms. The fourth-order valence-electron chi connectivity index (χ4n) is 1.78. The van der Waals surface area contributed by atoms with Crippen LogP contribution in [0.4, 0.5) is 24.5 Å². The molecule has 0 unspecified atom stereocenters. The zero-order chi connectivity index (χ0) is 19.4. The Labute approximate surface area is 148 Å². The van der Waals surface area contributed by atoms with Crippen LogP contribution in [0.15, 0.2) is 60.0 Å². The Hall–Kier alpha value is -2.53. The molecule has 2 aromatic carbocycles. The third kappa shape index (κ3) is 5.23. The highest BCUT2D eigenvalue weighted by Crippen LogP contribution is 2.29. The Morgan fingerprint density at radius 1 is 0.769 bits per heavy atom. The molecule has 0 saturated carbocycles. The van der Waals surface area contributed by atoms with E-state index < -0.39 is 31.2 Å². The summed E-state index contributed by atoms with van der Waals surface area (Å²) >= 11 is 0. The molecular formula is C15H13F3N2O4S2. The first-order valence-electron chi connectivity index (χ1n) is 6.94. The monoisotopic (exact) mass is 406 g/mol. The average Bonchev–Trinajstić information content (AvgIpc) is 2.54. The molecular weight excluding hydrogens is 393 g/mol. The summed E-state index contributed by atoms with van der Waals surface area (Å²) in [6, 6.07) is 13.2. The maximum Gasteiger partial charge on any atom is 0.516 e. The van der Waals surface area contributed by atoms with E-state index in [0.717, 1.165) is 17.5 Å². The molecule has 0 aliphatic heterocycles. The first-order valence-corrected chi connectivity index (χ1v) is 9.97. The Bertz CT molecular complexity index is 1000. The molecule has 0 fully saturated rings. The molecule has 0 aliphatic rings. The van der Waals surface area contributed by atoms with Gasteiger partial charge >= 0.3 is 15.5 Å². The predicted molar refractivity (Wildman–Crippen MR) is 93.1 cm³/mol. The number of anilines is 2. The Balaban J connectivity index is 2.26. The molecule has 0 aliphatic carbocycles. The largest absolute Gasteiger partial charge is 0.516 e. The lowest BCUT2D eigenvalue weighted by Crippen LogP contribution is -2.30. The van der Waals surface area contributed by atoms with Crippen molar-refractivity contribution in [2.75, 3.05) is 9.44 Å². The summed E-state index contributed by atoms with van der Waals surface area (Å²) in [5.74, 6) is 0. The highest BCUT2D eigenvalue weighted by Gasteiger charge is 2.46. The van der Waals surface area contributed by atoms with Gasteiger partial charge in [-0.25, -0.2) is 8.42 Å². The zero-order valence-corrected chi connectivity index (χ0v) is 14.6. The number of hydrogen-bond acceptors (Lipinski definition) is 4. The molecule has 0 aromatic heterocycles. The van der Waals surface area contributed by atoms with Gasteiger partial charge in [-0.1, -0.05) is 42.5 Å². The smallest absolute Gasteiger partial charge is 0.278 e. The summed E-state index contributed by atoms with van der Waals surface area (Å²) in [6.45, 7) is 0. The van der Waals surface area contributed by atoms with Crippen LogP contribution < -0.4 is 9.44 Å². The number of halogens is 3. The third-order valence-electron chi connectivity index (χ3n) is 2.97. The van der Waals surface area contributed by atoms with Crippen molar-refractivity contribution in [1.82, 2.24) is 0 Å². The predicted octanol–water partition coefficient (Wildman–Crippen LogP) is 3.36. The quantitative estimate of drug-likeness (QED) is 0.769. The lowest BCUT2D eigenvalue weighted by molar-refractivity contribution is -0.0429. The van der Waals surface area contributed by atoms with Crippen LogP contribution in [0.2, 0.25) is 0 Å². The number of rotatable bonds is 6. The van der Waals surface area contributed by atoms with Gasteiger partial charge in [0, 0.05) is 0 Å². The molecule has 2 rings (SSSR count). The molecule has 2 N–H and O–H groups in total. The summed E-state index contributed by atoms with van der Waals surface area (Å²) < 4.78 is 87.5. The second-order valence-corrected chi connectivity index (χ2v) is 8.20. The Kier molecular flexibility index (Phi) is 5.62. The van der Waals surface area contributed by atoms with E-state index in [0.29, 0.717) is 5.56 Å². The molecule has 0 heterocycles. The van der Waals surface area contributed by atoms with Gasteiger partial charge in [-0.05, 0) is 23.8 Å². The fourth-order valence-corrected chi connectivity index (χ4v) is 3.26. The van der Waals surface area contributed by atoms with Gasteiger partial charge in [-0.15, -0.1) is 0 Å². The van der Waals surface area contributed by atoms with Crippen LogP contribution in [-0.4, -0.2) is 22.3 Å². The summed E-state index contributed by atoms with van der Waals surface area (Å²) in [4.78, 5) is 0. The van der Waals surface area contributed by atoms with E-state index in [1.54, 1.807) is 30.3 Å². The molecule has 26 heavy (non-hydrogen) atoms. The van der Waals surface area contributed by atoms with Crippen LogP contribution in [0, 0.1) is 0 Å². The Morgan fingerprint density at radius 2 is 1.27 bits per heavy atom. The standard InChI is InChI=1S/C15H13F3N2O4S2/c16-15(17,18)26(23,24)20-14-9-5-4-8-13(14)19-25(21,22)11-10-12-6-2-1-3-7-12/h1-11,19-20H. The first kappa shape index (κ1) is 19.8. The van der Waals surface area contributed by atoms with Gasteiger partial charge in [0.25, 0.3) is 10.0 Å². The molecule has 0 radical (unpaired) electrons. The summed E-state index contributed by atoms with van der Waals surface area (Å²) in [6.07, 6.45) is 1.28. The molecule has 6 nitrogen and oxygen atoms in total. The van der Waals surface area contributed by atoms with Crippen molar-refractivity contribution >= 4 is 37.5 Å². The first-order chi connectivity index (χ1) is 12.0. The van der Waals surface area contributed by atoms with Crippen LogP contribution >= 0.6 is 0 Å². The number of sulfonamides is 2. The number of alkyl halides is 3. The van der Waals surface area contributed by atoms with E-state index in [9.17, 15) is 30.0 Å². The maximum atomic E-state index is 12.5. The van der Waals surface area contributed by atoms with E-state index in [4.69, 9.17) is 0 Å². The normalized spacial score (nSPS) is 12.9. The van der Waals surface area contributed by atoms with E-state index in [1.807, 2.05) is 4.72 Å². The van der Waals surface area contributed by atoms with Gasteiger partial charge in [0.2, 0.25) is 0 Å². The van der Waals surface area contributed by atoms with Gasteiger partial charge < -0.3 is 0 Å². The summed E-state index contributed by atoms with van der Waals surface area (Å²) in [5, 5.41) is 0.817. The highest BCUT2D eigenvalue weighted by molar-refractivity contribution is 7.95. The zero-order valence-electron chi connectivity index (χ0n) is 12.9. The molecule has 140 valence electrons. The van der Waals surface area contributed by atoms with Crippen molar-refractivity contribution in [1.29, 1.82) is 0 Å². The van der Waals surface area contributed by atoms with Crippen molar-refractivity contribution in [2.24, 2.45) is 0 Å². The van der Waals surface area contributed by atoms with E-state index >= 15 is 0 Å². The summed E-state index contributed by atoms with van der Waals surface area (Å²) in [7, 11) is -9.78. The van der Waals surface area contributed by atoms with Crippen molar-refractivity contribution in [2.45, 2.75) is 5.51 Å². The SMILES string of the molecule is O=S(=O)(C=Cc1ccccc1)Nc1ccccc1NS(=O)(=O)C(F)(F)F. The highest BCUT2D eigenvalue weighted by atomic mass is 32.2. The van der Waals surface area contributed by atoms with Gasteiger partial charge in [-0.3, -0.25) is 9.44 Å². The van der Waals surface area contributed by atoms with Crippen LogP contribution in [-0.2, 0) is 20.0 Å². The Morgan fingerprint density at radius 3 is 1.81 bits per heavy atom. The minimum absolute atomic E-state index is 0.349. The lowest BCUT2D eigenvalue weighted by Gasteiger charge is -2.14. The molecule has 0 amide bonds. The van der Waals surface area contributed by atoms with Crippen LogP contribution in [0.1, 0.15) is 5.56 Å². The molecule has 0 spiro atoms. The molecule has 2 aromatic rings. The van der Waals surface area contributed by atoms with Crippen molar-refractivity contribution in [3.63, 3.8) is 0 Å². The van der Waals surface area contributed by atoms with Crippen molar-refractivity contribution in [3.8, 4) is 0 Å². The van der Waals surface area contributed by atoms with Gasteiger partial charge in [-0.2, -0.15) is 21.6 Å². The van der Waals surface area contributed by atoms with E-state index in [1.165, 1.54) is 22.9 Å². The van der Waals surface area contributed by atoms with E-state index in [2.05, 4.69) is 0 Å². The van der Waals surface area contributed by atoms with Gasteiger partial charge in [0.05, 0.1) is 16.8 Å². The summed E-state index contributed by atoms with van der Waals surface area (Å²) in [5.41, 5.74) is -5.85. The van der Waals surface area contributed by atoms with Crippen LogP contribution in [0.5, 0.6) is 0 Å². The molecule has 0 saturated heterocycles. The molecule has 0 bridgehead atoms. The second-order valence-electron chi connectivity index (χ2n) is 4.96. The number of para-hydroxylation sites is 2. The van der Waals surface area contributed by atoms with Crippen molar-refractivity contribution in [3.05, 3.63) is 65.6 Å². The second kappa shape index (κ2) is 7.38.